The highest BCUT2D eigenvalue weighted by Gasteiger charge is 2.29. The first kappa shape index (κ1) is 23.0. The molecule has 0 spiro atoms. The van der Waals surface area contributed by atoms with Gasteiger partial charge in [0, 0.05) is 18.7 Å². The fraction of sp³-hybridized carbons (Fsp3) is 0.231. The minimum atomic E-state index is -1.12. The molecule has 0 aliphatic heterocycles. The van der Waals surface area contributed by atoms with Gasteiger partial charge in [-0.2, -0.15) is 0 Å². The topological polar surface area (TPSA) is 118 Å². The van der Waals surface area contributed by atoms with Crippen LogP contribution in [0.2, 0.25) is 0 Å². The average molecular weight is 460 g/mol. The van der Waals surface area contributed by atoms with Crippen LogP contribution in [0.4, 0.5) is 4.79 Å². The number of amides is 2. The van der Waals surface area contributed by atoms with Crippen LogP contribution in [0.25, 0.3) is 11.1 Å². The summed E-state index contributed by atoms with van der Waals surface area (Å²) in [4.78, 5) is 39.8. The molecule has 1 atom stereocenters. The van der Waals surface area contributed by atoms with Crippen molar-refractivity contribution in [3.63, 3.8) is 0 Å². The van der Waals surface area contributed by atoms with E-state index in [4.69, 9.17) is 9.84 Å². The van der Waals surface area contributed by atoms with Crippen LogP contribution in [0.3, 0.4) is 0 Å². The van der Waals surface area contributed by atoms with Crippen molar-refractivity contribution in [1.82, 2.24) is 15.6 Å². The van der Waals surface area contributed by atoms with Crippen molar-refractivity contribution in [3.8, 4) is 11.1 Å². The molecule has 2 aromatic carbocycles. The normalized spacial score (nSPS) is 12.9. The number of alkyl carbamates (subject to hydrolysis) is 1. The summed E-state index contributed by atoms with van der Waals surface area (Å²) < 4.78 is 5.52. The summed E-state index contributed by atoms with van der Waals surface area (Å²) in [6, 6.07) is 18.3. The Balaban J connectivity index is 1.32. The maximum absolute atomic E-state index is 12.6. The van der Waals surface area contributed by atoms with E-state index in [2.05, 4.69) is 27.8 Å². The minimum absolute atomic E-state index is 0.0617. The molecule has 2 amide bonds. The lowest BCUT2D eigenvalue weighted by Crippen LogP contribution is -2.46. The van der Waals surface area contributed by atoms with Gasteiger partial charge in [0.25, 0.3) is 0 Å². The van der Waals surface area contributed by atoms with Crippen molar-refractivity contribution in [2.24, 2.45) is 0 Å². The first-order valence-corrected chi connectivity index (χ1v) is 11.1. The lowest BCUT2D eigenvalue weighted by atomic mass is 9.98. The molecule has 1 heterocycles. The molecule has 0 radical (unpaired) electrons. The van der Waals surface area contributed by atoms with E-state index in [1.54, 1.807) is 13.0 Å². The number of nitrogens with one attached hydrogen (secondary N) is 2. The highest BCUT2D eigenvalue weighted by atomic mass is 16.5. The maximum Gasteiger partial charge on any atom is 0.407 e. The van der Waals surface area contributed by atoms with E-state index >= 15 is 0 Å². The lowest BCUT2D eigenvalue weighted by molar-refractivity contribution is -0.123. The molecule has 8 heteroatoms. The third kappa shape index (κ3) is 4.91. The summed E-state index contributed by atoms with van der Waals surface area (Å²) in [6.45, 7) is 2.12. The molecular weight excluding hydrogens is 434 g/mol. The van der Waals surface area contributed by atoms with Crippen molar-refractivity contribution < 1.29 is 24.2 Å². The van der Waals surface area contributed by atoms with Crippen molar-refractivity contribution in [2.75, 3.05) is 6.61 Å². The second kappa shape index (κ2) is 10.2. The molecule has 8 nitrogen and oxygen atoms in total. The Kier molecular flexibility index (Phi) is 6.87. The molecule has 0 saturated carbocycles. The monoisotopic (exact) mass is 459 g/mol. The fourth-order valence-electron chi connectivity index (χ4n) is 4.10. The van der Waals surface area contributed by atoms with Crippen molar-refractivity contribution in [1.29, 1.82) is 0 Å². The highest BCUT2D eigenvalue weighted by molar-refractivity contribution is 5.86. The van der Waals surface area contributed by atoms with Crippen LogP contribution in [0.15, 0.2) is 66.9 Å². The number of aromatic carboxylic acids is 1. The largest absolute Gasteiger partial charge is 0.477 e. The number of carboxylic acids is 1. The number of rotatable bonds is 8. The Morgan fingerprint density at radius 1 is 1.00 bits per heavy atom. The Bertz CT molecular complexity index is 1160. The Morgan fingerprint density at radius 2 is 1.65 bits per heavy atom. The van der Waals surface area contributed by atoms with Crippen LogP contribution in [-0.4, -0.2) is 40.7 Å². The number of fused-ring (bicyclic) bond motifs is 3. The molecule has 0 fully saturated rings. The number of carbonyl (C=O) groups is 3. The average Bonchev–Trinajstić information content (AvgIpc) is 3.18. The summed E-state index contributed by atoms with van der Waals surface area (Å²) in [6.07, 6.45) is 1.12. The number of carboxylic acid groups (broad SMARTS) is 1. The molecule has 0 unspecified atom stereocenters. The number of hydrogen-bond donors (Lipinski definition) is 3. The third-order valence-electron chi connectivity index (χ3n) is 5.87. The van der Waals surface area contributed by atoms with Gasteiger partial charge in [0.15, 0.2) is 0 Å². The van der Waals surface area contributed by atoms with Gasteiger partial charge < -0.3 is 20.5 Å². The zero-order valence-electron chi connectivity index (χ0n) is 18.7. The van der Waals surface area contributed by atoms with Gasteiger partial charge >= 0.3 is 12.1 Å². The summed E-state index contributed by atoms with van der Waals surface area (Å²) in [5.41, 5.74) is 5.09. The van der Waals surface area contributed by atoms with E-state index in [-0.39, 0.29) is 30.7 Å². The lowest BCUT2D eigenvalue weighted by Gasteiger charge is -2.18. The number of ether oxygens (including phenoxy) is 1. The summed E-state index contributed by atoms with van der Waals surface area (Å²) >= 11 is 0. The third-order valence-corrected chi connectivity index (χ3v) is 5.87. The number of aromatic nitrogens is 1. The first-order valence-electron chi connectivity index (χ1n) is 11.1. The van der Waals surface area contributed by atoms with Gasteiger partial charge in [-0.3, -0.25) is 4.79 Å². The number of carbonyl (C=O) groups excluding carboxylic acids is 2. The summed E-state index contributed by atoms with van der Waals surface area (Å²) in [5.74, 6) is -1.54. The molecule has 174 valence electrons. The molecule has 1 aliphatic rings. The van der Waals surface area contributed by atoms with Gasteiger partial charge in [0.1, 0.15) is 18.3 Å². The van der Waals surface area contributed by atoms with E-state index in [9.17, 15) is 14.4 Å². The quantitative estimate of drug-likeness (QED) is 0.473. The summed E-state index contributed by atoms with van der Waals surface area (Å²) in [7, 11) is 0. The van der Waals surface area contributed by atoms with Crippen molar-refractivity contribution in [2.45, 2.75) is 31.8 Å². The molecule has 3 N–H and O–H groups in total. The number of pyridine rings is 1. The van der Waals surface area contributed by atoms with Gasteiger partial charge in [-0.05, 0) is 40.3 Å². The predicted molar refractivity (Wildman–Crippen MR) is 125 cm³/mol. The highest BCUT2D eigenvalue weighted by Crippen LogP contribution is 2.44. The van der Waals surface area contributed by atoms with Crippen LogP contribution >= 0.6 is 0 Å². The molecule has 0 bridgehead atoms. The first-order chi connectivity index (χ1) is 16.5. The van der Waals surface area contributed by atoms with Gasteiger partial charge in [-0.1, -0.05) is 61.5 Å². The van der Waals surface area contributed by atoms with E-state index in [0.29, 0.717) is 12.0 Å². The van der Waals surface area contributed by atoms with Gasteiger partial charge in [0.05, 0.1) is 0 Å². The van der Waals surface area contributed by atoms with Gasteiger partial charge in [-0.25, -0.2) is 14.6 Å². The molecule has 1 aliphatic carbocycles. The zero-order chi connectivity index (χ0) is 24.1. The predicted octanol–water partition coefficient (Wildman–Crippen LogP) is 3.71. The molecule has 34 heavy (non-hydrogen) atoms. The maximum atomic E-state index is 12.6. The molecule has 0 saturated heterocycles. The van der Waals surface area contributed by atoms with E-state index in [1.807, 2.05) is 36.4 Å². The van der Waals surface area contributed by atoms with Crippen LogP contribution in [0, 0.1) is 0 Å². The van der Waals surface area contributed by atoms with Crippen LogP contribution in [0.1, 0.15) is 46.4 Å². The number of hydrogen-bond acceptors (Lipinski definition) is 5. The molecular formula is C26H25N3O5. The van der Waals surface area contributed by atoms with Crippen LogP contribution < -0.4 is 10.6 Å². The van der Waals surface area contributed by atoms with Crippen LogP contribution in [0.5, 0.6) is 0 Å². The van der Waals surface area contributed by atoms with Crippen LogP contribution in [-0.2, 0) is 16.1 Å². The zero-order valence-corrected chi connectivity index (χ0v) is 18.7. The van der Waals surface area contributed by atoms with E-state index in [1.165, 1.54) is 12.3 Å². The smallest absolute Gasteiger partial charge is 0.407 e. The summed E-state index contributed by atoms with van der Waals surface area (Å²) in [5, 5.41) is 14.3. The number of benzene rings is 2. The number of nitrogens with zero attached hydrogens (tertiary/aromatic N) is 1. The van der Waals surface area contributed by atoms with E-state index < -0.39 is 18.1 Å². The van der Waals surface area contributed by atoms with Gasteiger partial charge in [0.2, 0.25) is 5.91 Å². The standard InChI is InChI=1S/C26H25N3O5/c1-2-22(24(30)28-14-16-11-12-23(25(31)32)27-13-16)29-26(33)34-15-21-19-9-5-3-7-17(19)18-8-4-6-10-20(18)21/h3-13,21-22H,2,14-15H2,1H3,(H,28,30)(H,29,33)(H,31,32)/t22-/m1/s1. The Hall–Kier alpha value is -4.20. The van der Waals surface area contributed by atoms with E-state index in [0.717, 1.165) is 22.3 Å². The SMILES string of the molecule is CC[C@@H](NC(=O)OCC1c2ccccc2-c2ccccc21)C(=O)NCc1ccc(C(=O)O)nc1. The molecule has 1 aromatic heterocycles. The molecule has 4 rings (SSSR count). The Morgan fingerprint density at radius 3 is 2.21 bits per heavy atom. The molecule has 3 aromatic rings. The van der Waals surface area contributed by atoms with Crippen molar-refractivity contribution >= 4 is 18.0 Å². The van der Waals surface area contributed by atoms with Crippen molar-refractivity contribution in [3.05, 3.63) is 89.2 Å². The minimum Gasteiger partial charge on any atom is -0.477 e. The fourth-order valence-corrected chi connectivity index (χ4v) is 4.10. The Labute approximate surface area is 197 Å². The van der Waals surface area contributed by atoms with Gasteiger partial charge in [-0.15, -0.1) is 0 Å². The second-order valence-corrected chi connectivity index (χ2v) is 8.01. The second-order valence-electron chi connectivity index (χ2n) is 8.01.